The van der Waals surface area contributed by atoms with E-state index in [1.165, 1.54) is 5.56 Å². The van der Waals surface area contributed by atoms with E-state index in [1.54, 1.807) is 0 Å². The second-order valence-electron chi connectivity index (χ2n) is 4.71. The molecule has 0 aromatic heterocycles. The number of hydrogen-bond acceptors (Lipinski definition) is 2. The molecule has 0 amide bonds. The normalized spacial score (nSPS) is 12.8. The van der Waals surface area contributed by atoms with Gasteiger partial charge in [-0.25, -0.2) is 0 Å². The molecular weight excluding hydrogens is 196 g/mol. The molecule has 0 aliphatic carbocycles. The first-order chi connectivity index (χ1) is 7.54. The molecule has 2 heteroatoms. The van der Waals surface area contributed by atoms with E-state index < -0.39 is 0 Å². The second kappa shape index (κ2) is 5.67. The van der Waals surface area contributed by atoms with E-state index in [2.05, 4.69) is 44.9 Å². The molecular formula is C14H20N2. The van der Waals surface area contributed by atoms with Crippen LogP contribution in [0.2, 0.25) is 0 Å². The fourth-order valence-electron chi connectivity index (χ4n) is 1.68. The Morgan fingerprint density at radius 3 is 2.56 bits per heavy atom. The van der Waals surface area contributed by atoms with E-state index >= 15 is 0 Å². The van der Waals surface area contributed by atoms with Crippen molar-refractivity contribution >= 4 is 0 Å². The van der Waals surface area contributed by atoms with Crippen LogP contribution in [0.5, 0.6) is 0 Å². The Labute approximate surface area is 98.5 Å². The van der Waals surface area contributed by atoms with Crippen LogP contribution in [0.4, 0.5) is 0 Å². The highest BCUT2D eigenvalue weighted by atomic mass is 15.1. The fraction of sp³-hybridized carbons (Fsp3) is 0.500. The third-order valence-corrected chi connectivity index (χ3v) is 3.15. The number of rotatable bonds is 4. The maximum atomic E-state index is 8.83. The third-order valence-electron chi connectivity index (χ3n) is 3.15. The number of nitriles is 1. The Bertz CT molecular complexity index is 377. The zero-order chi connectivity index (χ0) is 12.1. The summed E-state index contributed by atoms with van der Waals surface area (Å²) in [5.74, 6) is 0.643. The first-order valence-electron chi connectivity index (χ1n) is 5.74. The van der Waals surface area contributed by atoms with Gasteiger partial charge in [0, 0.05) is 12.6 Å². The lowest BCUT2D eigenvalue weighted by molar-refractivity contribution is 0.200. The molecule has 0 aliphatic rings. The molecule has 1 aromatic rings. The molecule has 16 heavy (non-hydrogen) atoms. The zero-order valence-corrected chi connectivity index (χ0v) is 10.6. The molecule has 2 nitrogen and oxygen atoms in total. The first-order valence-corrected chi connectivity index (χ1v) is 5.74. The van der Waals surface area contributed by atoms with Gasteiger partial charge in [-0.05, 0) is 37.6 Å². The van der Waals surface area contributed by atoms with Crippen LogP contribution < -0.4 is 0 Å². The van der Waals surface area contributed by atoms with E-state index in [0.717, 1.165) is 12.1 Å². The van der Waals surface area contributed by atoms with E-state index in [1.807, 2.05) is 18.2 Å². The van der Waals surface area contributed by atoms with E-state index in [-0.39, 0.29) is 0 Å². The lowest BCUT2D eigenvalue weighted by Crippen LogP contribution is -2.32. The van der Waals surface area contributed by atoms with Gasteiger partial charge in [0.1, 0.15) is 0 Å². The standard InChI is InChI=1S/C14H20N2/c1-11(2)12(3)16(4)10-14-7-5-6-13(8-14)9-15/h5-8,11-12H,10H2,1-4H3. The predicted octanol–water partition coefficient (Wildman–Crippen LogP) is 3.03. The highest BCUT2D eigenvalue weighted by Gasteiger charge is 2.13. The molecule has 1 atom stereocenters. The van der Waals surface area contributed by atoms with Crippen molar-refractivity contribution in [1.82, 2.24) is 4.90 Å². The van der Waals surface area contributed by atoms with Crippen molar-refractivity contribution in [3.05, 3.63) is 35.4 Å². The molecule has 0 fully saturated rings. The minimum atomic E-state index is 0.547. The van der Waals surface area contributed by atoms with Gasteiger partial charge in [-0.2, -0.15) is 5.26 Å². The van der Waals surface area contributed by atoms with Crippen molar-refractivity contribution in [1.29, 1.82) is 5.26 Å². The van der Waals surface area contributed by atoms with Gasteiger partial charge in [0.2, 0.25) is 0 Å². The lowest BCUT2D eigenvalue weighted by Gasteiger charge is -2.27. The Balaban J connectivity index is 2.70. The smallest absolute Gasteiger partial charge is 0.0991 e. The topological polar surface area (TPSA) is 27.0 Å². The van der Waals surface area contributed by atoms with Crippen LogP contribution in [0.3, 0.4) is 0 Å². The van der Waals surface area contributed by atoms with Gasteiger partial charge < -0.3 is 0 Å². The Hall–Kier alpha value is -1.33. The molecule has 86 valence electrons. The van der Waals surface area contributed by atoms with Crippen LogP contribution in [-0.2, 0) is 6.54 Å². The van der Waals surface area contributed by atoms with Gasteiger partial charge in [-0.3, -0.25) is 4.90 Å². The van der Waals surface area contributed by atoms with Crippen molar-refractivity contribution < 1.29 is 0 Å². The van der Waals surface area contributed by atoms with E-state index in [0.29, 0.717) is 12.0 Å². The zero-order valence-electron chi connectivity index (χ0n) is 10.6. The van der Waals surface area contributed by atoms with Gasteiger partial charge in [-0.15, -0.1) is 0 Å². The molecule has 0 saturated heterocycles. The summed E-state index contributed by atoms with van der Waals surface area (Å²) < 4.78 is 0. The maximum Gasteiger partial charge on any atom is 0.0991 e. The summed E-state index contributed by atoms with van der Waals surface area (Å²) >= 11 is 0. The fourth-order valence-corrected chi connectivity index (χ4v) is 1.68. The predicted molar refractivity (Wildman–Crippen MR) is 66.9 cm³/mol. The SMILES string of the molecule is CC(C)C(C)N(C)Cc1cccc(C#N)c1. The monoisotopic (exact) mass is 216 g/mol. The highest BCUT2D eigenvalue weighted by molar-refractivity contribution is 5.32. The van der Waals surface area contributed by atoms with Crippen LogP contribution in [0.15, 0.2) is 24.3 Å². The number of hydrogen-bond donors (Lipinski definition) is 0. The van der Waals surface area contributed by atoms with Crippen LogP contribution in [0.25, 0.3) is 0 Å². The molecule has 0 saturated carbocycles. The van der Waals surface area contributed by atoms with Gasteiger partial charge >= 0.3 is 0 Å². The van der Waals surface area contributed by atoms with Gasteiger partial charge in [0.15, 0.2) is 0 Å². The summed E-state index contributed by atoms with van der Waals surface area (Å²) in [6.07, 6.45) is 0. The van der Waals surface area contributed by atoms with Gasteiger partial charge in [0.25, 0.3) is 0 Å². The molecule has 0 radical (unpaired) electrons. The molecule has 1 aromatic carbocycles. The molecule has 0 aliphatic heterocycles. The van der Waals surface area contributed by atoms with Crippen molar-refractivity contribution in [2.45, 2.75) is 33.4 Å². The van der Waals surface area contributed by atoms with E-state index in [9.17, 15) is 0 Å². The number of benzene rings is 1. The summed E-state index contributed by atoms with van der Waals surface area (Å²) in [5.41, 5.74) is 1.94. The quantitative estimate of drug-likeness (QED) is 0.773. The minimum absolute atomic E-state index is 0.547. The minimum Gasteiger partial charge on any atom is -0.299 e. The number of nitrogens with zero attached hydrogens (tertiary/aromatic N) is 2. The molecule has 0 bridgehead atoms. The molecule has 0 spiro atoms. The van der Waals surface area contributed by atoms with Crippen molar-refractivity contribution in [3.63, 3.8) is 0 Å². The average Bonchev–Trinajstić information content (AvgIpc) is 2.28. The van der Waals surface area contributed by atoms with Crippen molar-refractivity contribution in [2.24, 2.45) is 5.92 Å². The van der Waals surface area contributed by atoms with Crippen molar-refractivity contribution in [2.75, 3.05) is 7.05 Å². The van der Waals surface area contributed by atoms with Gasteiger partial charge in [0.05, 0.1) is 11.6 Å². The summed E-state index contributed by atoms with van der Waals surface area (Å²) in [6, 6.07) is 10.5. The van der Waals surface area contributed by atoms with Crippen LogP contribution in [0.1, 0.15) is 31.9 Å². The average molecular weight is 216 g/mol. The molecule has 0 heterocycles. The van der Waals surface area contributed by atoms with Crippen LogP contribution in [-0.4, -0.2) is 18.0 Å². The Morgan fingerprint density at radius 1 is 1.31 bits per heavy atom. The summed E-state index contributed by atoms with van der Waals surface area (Å²) in [6.45, 7) is 7.59. The summed E-state index contributed by atoms with van der Waals surface area (Å²) in [4.78, 5) is 2.32. The van der Waals surface area contributed by atoms with Gasteiger partial charge in [-0.1, -0.05) is 26.0 Å². The molecule has 1 unspecified atom stereocenters. The Morgan fingerprint density at radius 2 is 2.00 bits per heavy atom. The Kier molecular flexibility index (Phi) is 4.52. The van der Waals surface area contributed by atoms with Crippen molar-refractivity contribution in [3.8, 4) is 6.07 Å². The highest BCUT2D eigenvalue weighted by Crippen LogP contribution is 2.13. The summed E-state index contributed by atoms with van der Waals surface area (Å²) in [5, 5.41) is 8.83. The molecule has 0 N–H and O–H groups in total. The first kappa shape index (κ1) is 12.7. The second-order valence-corrected chi connectivity index (χ2v) is 4.71. The lowest BCUT2D eigenvalue weighted by atomic mass is 10.0. The van der Waals surface area contributed by atoms with Crippen LogP contribution >= 0.6 is 0 Å². The largest absolute Gasteiger partial charge is 0.299 e. The third kappa shape index (κ3) is 3.36. The van der Waals surface area contributed by atoms with Crippen LogP contribution in [0, 0.1) is 17.2 Å². The summed E-state index contributed by atoms with van der Waals surface area (Å²) in [7, 11) is 2.13. The van der Waals surface area contributed by atoms with E-state index in [4.69, 9.17) is 5.26 Å². The molecule has 1 rings (SSSR count). The maximum absolute atomic E-state index is 8.83.